The summed E-state index contributed by atoms with van der Waals surface area (Å²) in [5.74, 6) is 0.241. The van der Waals surface area contributed by atoms with Crippen molar-refractivity contribution in [2.24, 2.45) is 0 Å². The molecule has 1 aromatic heterocycles. The fourth-order valence-corrected chi connectivity index (χ4v) is 4.16. The number of halogens is 4. The molecule has 1 fully saturated rings. The molecule has 1 aliphatic rings. The van der Waals surface area contributed by atoms with Crippen LogP contribution in [0.2, 0.25) is 0 Å². The standard InChI is InChI=1S/C22H21F4N3O/c1-14-27-19-13-16(22(24,25)26)5-6-20(19)29(14)18-7-9-28(10-8-18)21(30)12-15-3-2-4-17(23)11-15/h2-6,11,13,18H,7-10,12H2,1H3. The maximum Gasteiger partial charge on any atom is 0.416 e. The molecule has 3 aromatic rings. The Kier molecular flexibility index (Phi) is 5.26. The van der Waals surface area contributed by atoms with Gasteiger partial charge in [-0.15, -0.1) is 0 Å². The smallest absolute Gasteiger partial charge is 0.342 e. The van der Waals surface area contributed by atoms with Crippen LogP contribution in [0.5, 0.6) is 0 Å². The van der Waals surface area contributed by atoms with Crippen LogP contribution >= 0.6 is 0 Å². The second kappa shape index (κ2) is 7.74. The number of nitrogens with zero attached hydrogens (tertiary/aromatic N) is 3. The summed E-state index contributed by atoms with van der Waals surface area (Å²) in [6.07, 6.45) is -2.89. The molecule has 0 bridgehead atoms. The van der Waals surface area contributed by atoms with E-state index in [-0.39, 0.29) is 24.2 Å². The van der Waals surface area contributed by atoms with E-state index < -0.39 is 11.7 Å². The zero-order chi connectivity index (χ0) is 21.5. The molecule has 2 aromatic carbocycles. The molecule has 0 unspecified atom stereocenters. The predicted molar refractivity (Wildman–Crippen MR) is 104 cm³/mol. The molecule has 0 N–H and O–H groups in total. The van der Waals surface area contributed by atoms with Crippen molar-refractivity contribution in [3.63, 3.8) is 0 Å². The second-order valence-corrected chi connectivity index (χ2v) is 7.65. The minimum absolute atomic E-state index is 0.0546. The Morgan fingerprint density at radius 2 is 1.87 bits per heavy atom. The van der Waals surface area contributed by atoms with Crippen LogP contribution < -0.4 is 0 Å². The Morgan fingerprint density at radius 3 is 2.53 bits per heavy atom. The topological polar surface area (TPSA) is 38.1 Å². The van der Waals surface area contributed by atoms with Crippen molar-refractivity contribution in [1.82, 2.24) is 14.5 Å². The number of fused-ring (bicyclic) bond motifs is 1. The highest BCUT2D eigenvalue weighted by molar-refractivity contribution is 5.79. The summed E-state index contributed by atoms with van der Waals surface area (Å²) in [6, 6.07) is 9.71. The Hall–Kier alpha value is -2.90. The van der Waals surface area contributed by atoms with E-state index in [4.69, 9.17) is 0 Å². The van der Waals surface area contributed by atoms with E-state index in [0.29, 0.717) is 48.4 Å². The summed E-state index contributed by atoms with van der Waals surface area (Å²) in [4.78, 5) is 18.6. The first-order chi connectivity index (χ1) is 14.2. The molecule has 0 atom stereocenters. The number of carbonyl (C=O) groups is 1. The normalized spacial score (nSPS) is 15.7. The third kappa shape index (κ3) is 4.04. The number of imidazole rings is 1. The van der Waals surface area contributed by atoms with Gasteiger partial charge in [0, 0.05) is 19.1 Å². The largest absolute Gasteiger partial charge is 0.416 e. The lowest BCUT2D eigenvalue weighted by Gasteiger charge is -2.33. The summed E-state index contributed by atoms with van der Waals surface area (Å²) in [5, 5.41) is 0. The lowest BCUT2D eigenvalue weighted by Crippen LogP contribution is -2.40. The quantitative estimate of drug-likeness (QED) is 0.566. The summed E-state index contributed by atoms with van der Waals surface area (Å²) < 4.78 is 54.2. The molecule has 30 heavy (non-hydrogen) atoms. The number of benzene rings is 2. The van der Waals surface area contributed by atoms with Crippen molar-refractivity contribution < 1.29 is 22.4 Å². The van der Waals surface area contributed by atoms with Gasteiger partial charge in [-0.2, -0.15) is 13.2 Å². The van der Waals surface area contributed by atoms with Crippen LogP contribution in [0, 0.1) is 12.7 Å². The number of hydrogen-bond acceptors (Lipinski definition) is 2. The minimum atomic E-state index is -4.40. The van der Waals surface area contributed by atoms with Crippen LogP contribution in [0.4, 0.5) is 17.6 Å². The zero-order valence-corrected chi connectivity index (χ0v) is 16.4. The predicted octanol–water partition coefficient (Wildman–Crippen LogP) is 4.91. The third-order valence-corrected chi connectivity index (χ3v) is 5.62. The summed E-state index contributed by atoms with van der Waals surface area (Å²) in [7, 11) is 0. The summed E-state index contributed by atoms with van der Waals surface area (Å²) >= 11 is 0. The first-order valence-electron chi connectivity index (χ1n) is 9.80. The maximum absolute atomic E-state index is 13.3. The van der Waals surface area contributed by atoms with Crippen molar-refractivity contribution in [2.75, 3.05) is 13.1 Å². The molecule has 0 radical (unpaired) electrons. The Balaban J connectivity index is 1.47. The molecular weight excluding hydrogens is 398 g/mol. The maximum atomic E-state index is 13.3. The highest BCUT2D eigenvalue weighted by Crippen LogP contribution is 2.34. The molecule has 1 saturated heterocycles. The molecule has 1 amide bonds. The van der Waals surface area contributed by atoms with Crippen molar-refractivity contribution in [3.8, 4) is 0 Å². The Morgan fingerprint density at radius 1 is 1.13 bits per heavy atom. The van der Waals surface area contributed by atoms with Crippen LogP contribution in [0.25, 0.3) is 11.0 Å². The molecule has 4 rings (SSSR count). The number of likely N-dealkylation sites (tertiary alicyclic amines) is 1. The second-order valence-electron chi connectivity index (χ2n) is 7.65. The van der Waals surface area contributed by atoms with E-state index in [1.165, 1.54) is 18.2 Å². The van der Waals surface area contributed by atoms with E-state index in [0.717, 1.165) is 12.1 Å². The van der Waals surface area contributed by atoms with Crippen molar-refractivity contribution in [2.45, 2.75) is 38.4 Å². The van der Waals surface area contributed by atoms with Crippen LogP contribution in [-0.4, -0.2) is 33.4 Å². The van der Waals surface area contributed by atoms with E-state index in [2.05, 4.69) is 4.98 Å². The van der Waals surface area contributed by atoms with Crippen LogP contribution in [0.3, 0.4) is 0 Å². The van der Waals surface area contributed by atoms with Crippen LogP contribution in [0.15, 0.2) is 42.5 Å². The number of rotatable bonds is 3. The molecule has 1 aliphatic heterocycles. The number of carbonyl (C=O) groups excluding carboxylic acids is 1. The van der Waals surface area contributed by atoms with Gasteiger partial charge in [0.2, 0.25) is 5.91 Å². The minimum Gasteiger partial charge on any atom is -0.342 e. The van der Waals surface area contributed by atoms with E-state index in [1.807, 2.05) is 4.57 Å². The van der Waals surface area contributed by atoms with Crippen molar-refractivity contribution in [1.29, 1.82) is 0 Å². The van der Waals surface area contributed by atoms with E-state index in [1.54, 1.807) is 24.0 Å². The van der Waals surface area contributed by atoms with E-state index >= 15 is 0 Å². The average molecular weight is 419 g/mol. The van der Waals surface area contributed by atoms with E-state index in [9.17, 15) is 22.4 Å². The molecule has 0 spiro atoms. The number of alkyl halides is 3. The molecular formula is C22H21F4N3O. The van der Waals surface area contributed by atoms with Gasteiger partial charge in [0.25, 0.3) is 0 Å². The molecule has 158 valence electrons. The van der Waals surface area contributed by atoms with Gasteiger partial charge in [-0.25, -0.2) is 9.37 Å². The molecule has 0 aliphatic carbocycles. The number of aryl methyl sites for hydroxylation is 1. The molecule has 8 heteroatoms. The van der Waals surface area contributed by atoms with Gasteiger partial charge in [-0.3, -0.25) is 4.79 Å². The van der Waals surface area contributed by atoms with Gasteiger partial charge in [-0.1, -0.05) is 12.1 Å². The number of aromatic nitrogens is 2. The lowest BCUT2D eigenvalue weighted by molar-refractivity contribution is -0.137. The first-order valence-corrected chi connectivity index (χ1v) is 9.80. The van der Waals surface area contributed by atoms with Gasteiger partial charge in [0.15, 0.2) is 0 Å². The number of amides is 1. The first kappa shape index (κ1) is 20.4. The fraction of sp³-hybridized carbons (Fsp3) is 0.364. The summed E-state index contributed by atoms with van der Waals surface area (Å²) in [5.41, 5.74) is 0.924. The highest BCUT2D eigenvalue weighted by Gasteiger charge is 2.32. The fourth-order valence-electron chi connectivity index (χ4n) is 4.16. The number of piperidine rings is 1. The molecule has 2 heterocycles. The van der Waals surface area contributed by atoms with Gasteiger partial charge in [-0.05, 0) is 55.7 Å². The molecule has 4 nitrogen and oxygen atoms in total. The van der Waals surface area contributed by atoms with Crippen LogP contribution in [-0.2, 0) is 17.4 Å². The number of hydrogen-bond donors (Lipinski definition) is 0. The third-order valence-electron chi connectivity index (χ3n) is 5.62. The SMILES string of the molecule is Cc1nc2cc(C(F)(F)F)ccc2n1C1CCN(C(=O)Cc2cccc(F)c2)CC1. The van der Waals surface area contributed by atoms with Gasteiger partial charge in [0.1, 0.15) is 11.6 Å². The Bertz CT molecular complexity index is 1080. The van der Waals surface area contributed by atoms with Crippen LogP contribution in [0.1, 0.15) is 35.8 Å². The monoisotopic (exact) mass is 419 g/mol. The average Bonchev–Trinajstić information content (AvgIpc) is 3.02. The lowest BCUT2D eigenvalue weighted by atomic mass is 10.0. The van der Waals surface area contributed by atoms with Crippen molar-refractivity contribution >= 4 is 16.9 Å². The van der Waals surface area contributed by atoms with Gasteiger partial charge in [0.05, 0.1) is 23.0 Å². The Labute approximate surface area is 171 Å². The summed E-state index contributed by atoms with van der Waals surface area (Å²) in [6.45, 7) is 2.87. The zero-order valence-electron chi connectivity index (χ0n) is 16.4. The molecule has 0 saturated carbocycles. The van der Waals surface area contributed by atoms with Crippen molar-refractivity contribution in [3.05, 3.63) is 65.2 Å². The highest BCUT2D eigenvalue weighted by atomic mass is 19.4. The van der Waals surface area contributed by atoms with Gasteiger partial charge >= 0.3 is 6.18 Å². The van der Waals surface area contributed by atoms with Gasteiger partial charge < -0.3 is 9.47 Å².